The number of rotatable bonds is 5. The van der Waals surface area contributed by atoms with Crippen LogP contribution in [0.4, 0.5) is 0 Å². The fourth-order valence-electron chi connectivity index (χ4n) is 0.926. The summed E-state index contributed by atoms with van der Waals surface area (Å²) in [4.78, 5) is 0. The summed E-state index contributed by atoms with van der Waals surface area (Å²) in [7, 11) is 0. The minimum absolute atomic E-state index is 0.222. The molecular weight excluding hydrogens is 172 g/mol. The van der Waals surface area contributed by atoms with Crippen molar-refractivity contribution in [1.82, 2.24) is 10.9 Å². The first kappa shape index (κ1) is 13.9. The van der Waals surface area contributed by atoms with E-state index in [2.05, 4.69) is 59.3 Å². The van der Waals surface area contributed by atoms with Crippen LogP contribution < -0.4 is 10.9 Å². The molecule has 2 N–H and O–H groups in total. The molecule has 14 heavy (non-hydrogen) atoms. The Labute approximate surface area is 89.8 Å². The molecule has 0 amide bonds. The van der Waals surface area contributed by atoms with Gasteiger partial charge in [0.25, 0.3) is 0 Å². The van der Waals surface area contributed by atoms with E-state index in [-0.39, 0.29) is 5.54 Å². The average Bonchev–Trinajstić information content (AvgIpc) is 2.12. The van der Waals surface area contributed by atoms with Gasteiger partial charge in [-0.2, -0.15) is 0 Å². The van der Waals surface area contributed by atoms with Gasteiger partial charge < -0.3 is 0 Å². The zero-order chi connectivity index (χ0) is 11.4. The van der Waals surface area contributed by atoms with E-state index in [0.29, 0.717) is 11.5 Å². The van der Waals surface area contributed by atoms with Gasteiger partial charge in [-0.05, 0) is 32.1 Å². The molecule has 0 aromatic heterocycles. The van der Waals surface area contributed by atoms with Gasteiger partial charge in [0.2, 0.25) is 0 Å². The molecule has 86 valence electrons. The molecule has 0 heterocycles. The maximum atomic E-state index is 3.45. The lowest BCUT2D eigenvalue weighted by Crippen LogP contribution is -2.55. The molecule has 0 aliphatic heterocycles. The van der Waals surface area contributed by atoms with Crippen LogP contribution in [0.5, 0.6) is 0 Å². The number of hydrazine groups is 1. The molecule has 0 bridgehead atoms. The molecule has 0 aromatic carbocycles. The first-order valence-corrected chi connectivity index (χ1v) is 5.78. The van der Waals surface area contributed by atoms with Gasteiger partial charge >= 0.3 is 0 Å². The highest BCUT2D eigenvalue weighted by atomic mass is 15.4. The fraction of sp³-hybridized carbons (Fsp3) is 1.00. The van der Waals surface area contributed by atoms with Crippen molar-refractivity contribution >= 4 is 0 Å². The topological polar surface area (TPSA) is 24.1 Å². The normalized spacial score (nSPS) is 15.6. The van der Waals surface area contributed by atoms with E-state index in [1.165, 1.54) is 0 Å². The maximum absolute atomic E-state index is 3.45. The SMILES string of the molecule is CCC(C)(CC)NNC(C)C(C)(C)C. The standard InChI is InChI=1S/C12H28N2/c1-8-12(7,9-2)14-13-10(3)11(4,5)6/h10,13-14H,8-9H2,1-7H3. The second-order valence-electron chi connectivity index (χ2n) is 5.62. The molecule has 0 aliphatic rings. The van der Waals surface area contributed by atoms with Crippen LogP contribution in [0.2, 0.25) is 0 Å². The lowest BCUT2D eigenvalue weighted by molar-refractivity contribution is 0.200. The molecule has 1 atom stereocenters. The highest BCUT2D eigenvalue weighted by molar-refractivity contribution is 4.81. The molecule has 0 rings (SSSR count). The summed E-state index contributed by atoms with van der Waals surface area (Å²) in [6.07, 6.45) is 2.29. The van der Waals surface area contributed by atoms with Crippen LogP contribution in [0, 0.1) is 5.41 Å². The molecule has 0 radical (unpaired) electrons. The molecule has 0 aliphatic carbocycles. The summed E-state index contributed by atoms with van der Waals surface area (Å²) < 4.78 is 0. The zero-order valence-corrected chi connectivity index (χ0v) is 11.0. The highest BCUT2D eigenvalue weighted by Gasteiger charge is 2.23. The van der Waals surface area contributed by atoms with Crippen molar-refractivity contribution in [1.29, 1.82) is 0 Å². The Bertz CT molecular complexity index is 154. The third-order valence-electron chi connectivity index (χ3n) is 3.45. The Morgan fingerprint density at radius 1 is 1.00 bits per heavy atom. The van der Waals surface area contributed by atoms with Crippen LogP contribution in [0.1, 0.15) is 61.3 Å². The van der Waals surface area contributed by atoms with Crippen molar-refractivity contribution in [2.45, 2.75) is 72.9 Å². The van der Waals surface area contributed by atoms with Crippen molar-refractivity contribution in [2.24, 2.45) is 5.41 Å². The first-order valence-electron chi connectivity index (χ1n) is 5.78. The lowest BCUT2D eigenvalue weighted by Gasteiger charge is -2.35. The van der Waals surface area contributed by atoms with Crippen LogP contribution in [0.25, 0.3) is 0 Å². The molecular formula is C12H28N2. The second kappa shape index (κ2) is 5.13. The summed E-state index contributed by atoms with van der Waals surface area (Å²) >= 11 is 0. The summed E-state index contributed by atoms with van der Waals surface area (Å²) in [6, 6.07) is 0.472. The van der Waals surface area contributed by atoms with E-state index in [4.69, 9.17) is 0 Å². The molecule has 2 nitrogen and oxygen atoms in total. The number of hydrogen-bond acceptors (Lipinski definition) is 2. The van der Waals surface area contributed by atoms with Crippen molar-refractivity contribution in [2.75, 3.05) is 0 Å². The van der Waals surface area contributed by atoms with Crippen LogP contribution in [0.3, 0.4) is 0 Å². The van der Waals surface area contributed by atoms with Crippen LogP contribution in [0.15, 0.2) is 0 Å². The van der Waals surface area contributed by atoms with Crippen LogP contribution in [-0.2, 0) is 0 Å². The molecule has 0 aromatic rings. The number of hydrogen-bond donors (Lipinski definition) is 2. The second-order valence-corrected chi connectivity index (χ2v) is 5.62. The van der Waals surface area contributed by atoms with E-state index in [1.807, 2.05) is 0 Å². The van der Waals surface area contributed by atoms with Gasteiger partial charge in [0, 0.05) is 11.6 Å². The molecule has 0 saturated carbocycles. The number of nitrogens with one attached hydrogen (secondary N) is 2. The van der Waals surface area contributed by atoms with Crippen molar-refractivity contribution in [3.63, 3.8) is 0 Å². The van der Waals surface area contributed by atoms with E-state index >= 15 is 0 Å². The van der Waals surface area contributed by atoms with E-state index in [1.54, 1.807) is 0 Å². The third kappa shape index (κ3) is 4.43. The smallest absolute Gasteiger partial charge is 0.0290 e. The van der Waals surface area contributed by atoms with Crippen LogP contribution >= 0.6 is 0 Å². The van der Waals surface area contributed by atoms with Gasteiger partial charge in [-0.1, -0.05) is 34.6 Å². The van der Waals surface area contributed by atoms with Gasteiger partial charge in [0.05, 0.1) is 0 Å². The summed E-state index contributed by atoms with van der Waals surface area (Å²) in [5.74, 6) is 0. The largest absolute Gasteiger partial charge is 0.254 e. The van der Waals surface area contributed by atoms with Crippen LogP contribution in [-0.4, -0.2) is 11.6 Å². The predicted octanol–water partition coefficient (Wildman–Crippen LogP) is 3.09. The maximum Gasteiger partial charge on any atom is 0.0290 e. The molecule has 2 heteroatoms. The Morgan fingerprint density at radius 2 is 1.43 bits per heavy atom. The molecule has 0 spiro atoms. The fourth-order valence-corrected chi connectivity index (χ4v) is 0.926. The van der Waals surface area contributed by atoms with Gasteiger partial charge in [0.1, 0.15) is 0 Å². The minimum atomic E-state index is 0.222. The summed E-state index contributed by atoms with van der Waals surface area (Å²) in [6.45, 7) is 15.7. The van der Waals surface area contributed by atoms with Gasteiger partial charge in [-0.25, -0.2) is 0 Å². The Morgan fingerprint density at radius 3 is 1.71 bits per heavy atom. The molecule has 0 fully saturated rings. The van der Waals surface area contributed by atoms with Gasteiger partial charge in [0.15, 0.2) is 0 Å². The molecule has 1 unspecified atom stereocenters. The van der Waals surface area contributed by atoms with Gasteiger partial charge in [-0.15, -0.1) is 0 Å². The van der Waals surface area contributed by atoms with Crippen molar-refractivity contribution in [3.05, 3.63) is 0 Å². The predicted molar refractivity (Wildman–Crippen MR) is 64.2 cm³/mol. The van der Waals surface area contributed by atoms with E-state index in [0.717, 1.165) is 12.8 Å². The lowest BCUT2D eigenvalue weighted by atomic mass is 9.88. The van der Waals surface area contributed by atoms with Crippen molar-refractivity contribution < 1.29 is 0 Å². The average molecular weight is 200 g/mol. The zero-order valence-electron chi connectivity index (χ0n) is 11.0. The monoisotopic (exact) mass is 200 g/mol. The van der Waals surface area contributed by atoms with E-state index < -0.39 is 0 Å². The highest BCUT2D eigenvalue weighted by Crippen LogP contribution is 2.19. The first-order chi connectivity index (χ1) is 6.25. The summed E-state index contributed by atoms with van der Waals surface area (Å²) in [5.41, 5.74) is 7.39. The Balaban J connectivity index is 4.05. The third-order valence-corrected chi connectivity index (χ3v) is 3.45. The molecule has 0 saturated heterocycles. The van der Waals surface area contributed by atoms with Gasteiger partial charge in [-0.3, -0.25) is 10.9 Å². The Hall–Kier alpha value is -0.0800. The van der Waals surface area contributed by atoms with Crippen molar-refractivity contribution in [3.8, 4) is 0 Å². The quantitative estimate of drug-likeness (QED) is 0.666. The summed E-state index contributed by atoms with van der Waals surface area (Å²) in [5, 5.41) is 0. The Kier molecular flexibility index (Phi) is 5.10. The van der Waals surface area contributed by atoms with E-state index in [9.17, 15) is 0 Å². The minimum Gasteiger partial charge on any atom is -0.254 e.